The van der Waals surface area contributed by atoms with Gasteiger partial charge in [0.05, 0.1) is 42.5 Å². The predicted molar refractivity (Wildman–Crippen MR) is 110 cm³/mol. The number of halogens is 5. The SMILES string of the molecule is COc1ncc(N(Cc2n[nH]c(C(F)(F)F)c2CCO)C(=O)Nc2ccc(F)c(Cl)c2)cn1. The number of aromatic amines is 1. The van der Waals surface area contributed by atoms with E-state index in [0.29, 0.717) is 0 Å². The molecule has 2 amide bonds. The minimum absolute atomic E-state index is 0.00419. The van der Waals surface area contributed by atoms with Crippen molar-refractivity contribution < 1.29 is 32.2 Å². The second kappa shape index (κ2) is 10.0. The van der Waals surface area contributed by atoms with E-state index in [0.717, 1.165) is 11.0 Å². The standard InChI is InChI=1S/C19H17ClF4N6O3/c1-33-17-25-7-11(8-26-17)30(18(32)27-10-2-3-14(21)13(20)6-10)9-15-12(4-5-31)16(29-28-15)19(22,23)24/h2-3,6-8,31H,4-5,9H2,1H3,(H,27,32)(H,28,29). The van der Waals surface area contributed by atoms with Crippen LogP contribution in [0.15, 0.2) is 30.6 Å². The van der Waals surface area contributed by atoms with E-state index >= 15 is 0 Å². The second-order valence-electron chi connectivity index (χ2n) is 6.57. The minimum Gasteiger partial charge on any atom is -0.467 e. The molecule has 3 N–H and O–H groups in total. The molecule has 9 nitrogen and oxygen atoms in total. The van der Waals surface area contributed by atoms with Crippen LogP contribution in [0.4, 0.5) is 33.7 Å². The number of aromatic nitrogens is 4. The van der Waals surface area contributed by atoms with Gasteiger partial charge in [-0.2, -0.15) is 18.3 Å². The summed E-state index contributed by atoms with van der Waals surface area (Å²) >= 11 is 5.74. The van der Waals surface area contributed by atoms with E-state index in [1.807, 2.05) is 5.10 Å². The number of urea groups is 1. The van der Waals surface area contributed by atoms with Crippen LogP contribution in [-0.4, -0.2) is 45.0 Å². The molecular weight excluding hydrogens is 472 g/mol. The Morgan fingerprint density at radius 3 is 2.58 bits per heavy atom. The molecule has 0 spiro atoms. The fourth-order valence-electron chi connectivity index (χ4n) is 2.90. The number of aliphatic hydroxyl groups excluding tert-OH is 1. The second-order valence-corrected chi connectivity index (χ2v) is 6.98. The first kappa shape index (κ1) is 24.2. The highest BCUT2D eigenvalue weighted by atomic mass is 35.5. The van der Waals surface area contributed by atoms with Crippen LogP contribution in [0.5, 0.6) is 6.01 Å². The smallest absolute Gasteiger partial charge is 0.433 e. The topological polar surface area (TPSA) is 116 Å². The third kappa shape index (κ3) is 5.68. The first-order valence-corrected chi connectivity index (χ1v) is 9.65. The van der Waals surface area contributed by atoms with Gasteiger partial charge in [0, 0.05) is 17.9 Å². The molecule has 14 heteroatoms. The first-order chi connectivity index (χ1) is 15.6. The fraction of sp³-hybridized carbons (Fsp3) is 0.263. The number of nitrogens with zero attached hydrogens (tertiary/aromatic N) is 4. The number of amides is 2. The average Bonchev–Trinajstić information content (AvgIpc) is 3.18. The van der Waals surface area contributed by atoms with Crippen molar-refractivity contribution in [1.29, 1.82) is 0 Å². The van der Waals surface area contributed by atoms with E-state index in [9.17, 15) is 27.5 Å². The van der Waals surface area contributed by atoms with Crippen molar-refractivity contribution in [2.45, 2.75) is 19.1 Å². The molecular formula is C19H17ClF4N6O3. The number of alkyl halides is 3. The van der Waals surface area contributed by atoms with Crippen LogP contribution in [0.2, 0.25) is 5.02 Å². The largest absolute Gasteiger partial charge is 0.467 e. The summed E-state index contributed by atoms with van der Waals surface area (Å²) in [7, 11) is 1.33. The van der Waals surface area contributed by atoms with Crippen LogP contribution in [0.3, 0.4) is 0 Å². The van der Waals surface area contributed by atoms with Crippen molar-refractivity contribution in [1.82, 2.24) is 20.2 Å². The Hall–Kier alpha value is -3.45. The monoisotopic (exact) mass is 488 g/mol. The maximum absolute atomic E-state index is 13.4. The summed E-state index contributed by atoms with van der Waals surface area (Å²) in [5.41, 5.74) is -1.29. The van der Waals surface area contributed by atoms with Crippen molar-refractivity contribution in [3.05, 3.63) is 58.4 Å². The van der Waals surface area contributed by atoms with Crippen LogP contribution in [-0.2, 0) is 19.1 Å². The lowest BCUT2D eigenvalue weighted by Gasteiger charge is -2.22. The highest BCUT2D eigenvalue weighted by molar-refractivity contribution is 6.31. The molecule has 0 unspecified atom stereocenters. The number of hydrogen-bond donors (Lipinski definition) is 3. The van der Waals surface area contributed by atoms with Crippen molar-refractivity contribution in [2.75, 3.05) is 23.9 Å². The highest BCUT2D eigenvalue weighted by Crippen LogP contribution is 2.33. The highest BCUT2D eigenvalue weighted by Gasteiger charge is 2.37. The molecule has 33 heavy (non-hydrogen) atoms. The van der Waals surface area contributed by atoms with Gasteiger partial charge >= 0.3 is 18.2 Å². The summed E-state index contributed by atoms with van der Waals surface area (Å²) in [6, 6.07) is 2.67. The van der Waals surface area contributed by atoms with Gasteiger partial charge in [0.2, 0.25) is 0 Å². The summed E-state index contributed by atoms with van der Waals surface area (Å²) in [5.74, 6) is -0.695. The number of anilines is 2. The first-order valence-electron chi connectivity index (χ1n) is 9.27. The maximum Gasteiger partial charge on any atom is 0.433 e. The predicted octanol–water partition coefficient (Wildman–Crippen LogP) is 3.79. The Balaban J connectivity index is 1.97. The Bertz CT molecular complexity index is 1120. The minimum atomic E-state index is -4.74. The van der Waals surface area contributed by atoms with Gasteiger partial charge in [-0.05, 0) is 24.6 Å². The molecule has 0 bridgehead atoms. The van der Waals surface area contributed by atoms with E-state index in [2.05, 4.69) is 20.4 Å². The van der Waals surface area contributed by atoms with Gasteiger partial charge in [-0.25, -0.2) is 19.2 Å². The number of H-pyrrole nitrogens is 1. The molecule has 0 fully saturated rings. The Morgan fingerprint density at radius 1 is 1.30 bits per heavy atom. The van der Waals surface area contributed by atoms with Gasteiger partial charge in [0.25, 0.3) is 0 Å². The van der Waals surface area contributed by atoms with Gasteiger partial charge in [-0.15, -0.1) is 0 Å². The van der Waals surface area contributed by atoms with E-state index in [1.54, 1.807) is 0 Å². The molecule has 3 aromatic rings. The lowest BCUT2D eigenvalue weighted by atomic mass is 10.1. The zero-order valence-corrected chi connectivity index (χ0v) is 17.7. The van der Waals surface area contributed by atoms with Crippen molar-refractivity contribution in [3.8, 4) is 6.01 Å². The van der Waals surface area contributed by atoms with Crippen LogP contribution in [0, 0.1) is 5.82 Å². The molecule has 0 aliphatic carbocycles. The lowest BCUT2D eigenvalue weighted by Crippen LogP contribution is -2.35. The van der Waals surface area contributed by atoms with Gasteiger partial charge in [0.1, 0.15) is 11.5 Å². The molecule has 0 aliphatic heterocycles. The maximum atomic E-state index is 13.4. The number of aliphatic hydroxyl groups is 1. The van der Waals surface area contributed by atoms with Crippen LogP contribution < -0.4 is 15.0 Å². The summed E-state index contributed by atoms with van der Waals surface area (Å²) in [6.45, 7) is -1.00. The Morgan fingerprint density at radius 2 is 2.00 bits per heavy atom. The number of methoxy groups -OCH3 is 1. The number of nitrogens with one attached hydrogen (secondary N) is 2. The van der Waals surface area contributed by atoms with Gasteiger partial charge in [-0.1, -0.05) is 11.6 Å². The quantitative estimate of drug-likeness (QED) is 0.436. The van der Waals surface area contributed by atoms with Crippen LogP contribution in [0.1, 0.15) is 17.0 Å². The van der Waals surface area contributed by atoms with Gasteiger partial charge in [-0.3, -0.25) is 10.00 Å². The lowest BCUT2D eigenvalue weighted by molar-refractivity contribution is -0.141. The summed E-state index contributed by atoms with van der Waals surface area (Å²) in [5, 5.41) is 17.1. The normalized spacial score (nSPS) is 11.4. The number of carbonyl (C=O) groups excluding carboxylic acids is 1. The van der Waals surface area contributed by atoms with E-state index in [1.165, 1.54) is 31.6 Å². The molecule has 2 aromatic heterocycles. The van der Waals surface area contributed by atoms with E-state index < -0.39 is 36.9 Å². The fourth-order valence-corrected chi connectivity index (χ4v) is 3.08. The summed E-state index contributed by atoms with van der Waals surface area (Å²) in [4.78, 5) is 21.9. The number of hydrogen-bond acceptors (Lipinski definition) is 6. The average molecular weight is 489 g/mol. The Kier molecular flexibility index (Phi) is 7.33. The molecule has 0 saturated heterocycles. The van der Waals surface area contributed by atoms with Gasteiger partial charge in [0.15, 0.2) is 0 Å². The molecule has 3 rings (SSSR count). The van der Waals surface area contributed by atoms with Crippen LogP contribution in [0.25, 0.3) is 0 Å². The molecule has 2 heterocycles. The zero-order valence-electron chi connectivity index (χ0n) is 17.0. The number of benzene rings is 1. The molecule has 0 atom stereocenters. The molecule has 0 radical (unpaired) electrons. The third-order valence-corrected chi connectivity index (χ3v) is 4.72. The summed E-state index contributed by atoms with van der Waals surface area (Å²) < 4.78 is 58.3. The summed E-state index contributed by atoms with van der Waals surface area (Å²) in [6.07, 6.45) is -2.63. The molecule has 176 valence electrons. The van der Waals surface area contributed by atoms with E-state index in [4.69, 9.17) is 16.3 Å². The van der Waals surface area contributed by atoms with Crippen LogP contribution >= 0.6 is 11.6 Å². The van der Waals surface area contributed by atoms with Crippen molar-refractivity contribution in [2.24, 2.45) is 0 Å². The molecule has 0 saturated carbocycles. The van der Waals surface area contributed by atoms with Crippen molar-refractivity contribution >= 4 is 29.0 Å². The number of rotatable bonds is 7. The third-order valence-electron chi connectivity index (χ3n) is 4.43. The number of carbonyl (C=O) groups is 1. The van der Waals surface area contributed by atoms with Crippen molar-refractivity contribution in [3.63, 3.8) is 0 Å². The molecule has 0 aliphatic rings. The van der Waals surface area contributed by atoms with E-state index in [-0.39, 0.29) is 40.1 Å². The van der Waals surface area contributed by atoms with Gasteiger partial charge < -0.3 is 15.2 Å². The number of ether oxygens (including phenoxy) is 1. The zero-order chi connectivity index (χ0) is 24.2. The molecule has 1 aromatic carbocycles. The Labute approximate surface area is 189 Å².